The number of fused-ring (bicyclic) bond motifs is 1. The van der Waals surface area contributed by atoms with Gasteiger partial charge in [-0.1, -0.05) is 6.07 Å². The average Bonchev–Trinajstić information content (AvgIpc) is 2.71. The SMILES string of the molecule is Cc1cccn2cc(CNC(C)(C)C(=O)O)nc12. The van der Waals surface area contributed by atoms with Gasteiger partial charge in [0, 0.05) is 18.9 Å². The van der Waals surface area contributed by atoms with Gasteiger partial charge < -0.3 is 9.51 Å². The van der Waals surface area contributed by atoms with Crippen molar-refractivity contribution in [3.63, 3.8) is 0 Å². The Bertz CT molecular complexity index is 587. The van der Waals surface area contributed by atoms with Gasteiger partial charge in [-0.15, -0.1) is 0 Å². The second-order valence-corrected chi connectivity index (χ2v) is 4.94. The minimum atomic E-state index is -0.954. The summed E-state index contributed by atoms with van der Waals surface area (Å²) in [6.45, 7) is 5.70. The minimum absolute atomic E-state index is 0.431. The van der Waals surface area contributed by atoms with E-state index in [2.05, 4.69) is 10.3 Å². The van der Waals surface area contributed by atoms with E-state index >= 15 is 0 Å². The summed E-state index contributed by atoms with van der Waals surface area (Å²) in [5, 5.41) is 12.0. The Hall–Kier alpha value is -1.88. The summed E-state index contributed by atoms with van der Waals surface area (Å²) < 4.78 is 1.94. The minimum Gasteiger partial charge on any atom is -0.480 e. The van der Waals surface area contributed by atoms with Crippen LogP contribution >= 0.6 is 0 Å². The second kappa shape index (κ2) is 4.42. The van der Waals surface area contributed by atoms with E-state index in [1.807, 2.05) is 35.9 Å². The quantitative estimate of drug-likeness (QED) is 0.861. The number of carboxylic acid groups (broad SMARTS) is 1. The molecule has 2 heterocycles. The molecule has 0 aliphatic carbocycles. The topological polar surface area (TPSA) is 66.6 Å². The molecular formula is C13H17N3O2. The Morgan fingerprint density at radius 3 is 2.89 bits per heavy atom. The van der Waals surface area contributed by atoms with Crippen molar-refractivity contribution in [2.75, 3.05) is 0 Å². The fourth-order valence-electron chi connectivity index (χ4n) is 1.68. The molecule has 0 radical (unpaired) electrons. The molecular weight excluding hydrogens is 230 g/mol. The lowest BCUT2D eigenvalue weighted by molar-refractivity contribution is -0.143. The fourth-order valence-corrected chi connectivity index (χ4v) is 1.68. The van der Waals surface area contributed by atoms with Crippen molar-refractivity contribution in [2.45, 2.75) is 32.9 Å². The first-order valence-electron chi connectivity index (χ1n) is 5.82. The van der Waals surface area contributed by atoms with Crippen molar-refractivity contribution in [3.8, 4) is 0 Å². The van der Waals surface area contributed by atoms with Gasteiger partial charge in [-0.05, 0) is 32.4 Å². The maximum Gasteiger partial charge on any atom is 0.323 e. The normalized spacial score (nSPS) is 11.9. The molecule has 5 heteroatoms. The molecule has 5 nitrogen and oxygen atoms in total. The van der Waals surface area contributed by atoms with Crippen LogP contribution in [0.5, 0.6) is 0 Å². The number of aryl methyl sites for hydroxylation is 1. The Morgan fingerprint density at radius 1 is 1.56 bits per heavy atom. The number of pyridine rings is 1. The van der Waals surface area contributed by atoms with E-state index in [4.69, 9.17) is 5.11 Å². The number of carboxylic acids is 1. The van der Waals surface area contributed by atoms with Crippen LogP contribution in [-0.2, 0) is 11.3 Å². The number of carbonyl (C=O) groups is 1. The number of imidazole rings is 1. The van der Waals surface area contributed by atoms with Crippen molar-refractivity contribution in [1.82, 2.24) is 14.7 Å². The summed E-state index contributed by atoms with van der Waals surface area (Å²) in [5.41, 5.74) is 1.88. The number of nitrogens with one attached hydrogen (secondary N) is 1. The van der Waals surface area contributed by atoms with E-state index in [9.17, 15) is 4.79 Å². The van der Waals surface area contributed by atoms with Crippen LogP contribution in [0.3, 0.4) is 0 Å². The first kappa shape index (κ1) is 12.6. The zero-order valence-electron chi connectivity index (χ0n) is 10.8. The van der Waals surface area contributed by atoms with Crippen LogP contribution in [0, 0.1) is 6.92 Å². The average molecular weight is 247 g/mol. The number of hydrogen-bond acceptors (Lipinski definition) is 3. The van der Waals surface area contributed by atoms with Gasteiger partial charge in [-0.25, -0.2) is 4.98 Å². The molecule has 2 aromatic heterocycles. The number of nitrogens with zero attached hydrogens (tertiary/aromatic N) is 2. The molecule has 2 N–H and O–H groups in total. The van der Waals surface area contributed by atoms with Gasteiger partial charge in [0.2, 0.25) is 0 Å². The van der Waals surface area contributed by atoms with E-state index in [1.165, 1.54) is 0 Å². The summed E-state index contributed by atoms with van der Waals surface area (Å²) >= 11 is 0. The first-order chi connectivity index (χ1) is 8.40. The zero-order chi connectivity index (χ0) is 13.3. The zero-order valence-corrected chi connectivity index (χ0v) is 10.8. The standard InChI is InChI=1S/C13H17N3O2/c1-9-5-4-6-16-8-10(15-11(9)16)7-14-13(2,3)12(17)18/h4-6,8,14H,7H2,1-3H3,(H,17,18). The van der Waals surface area contributed by atoms with Crippen LogP contribution in [0.1, 0.15) is 25.1 Å². The highest BCUT2D eigenvalue weighted by Gasteiger charge is 2.26. The lowest BCUT2D eigenvalue weighted by Gasteiger charge is -2.20. The number of rotatable bonds is 4. The summed E-state index contributed by atoms with van der Waals surface area (Å²) in [4.78, 5) is 15.5. The van der Waals surface area contributed by atoms with Crippen LogP contribution < -0.4 is 5.32 Å². The maximum absolute atomic E-state index is 11.0. The Labute approximate surface area is 105 Å². The Balaban J connectivity index is 2.18. The van der Waals surface area contributed by atoms with Gasteiger partial charge in [0.05, 0.1) is 5.69 Å². The van der Waals surface area contributed by atoms with Gasteiger partial charge in [0.15, 0.2) is 0 Å². The first-order valence-corrected chi connectivity index (χ1v) is 5.82. The highest BCUT2D eigenvalue weighted by Crippen LogP contribution is 2.11. The maximum atomic E-state index is 11.0. The van der Waals surface area contributed by atoms with Crippen molar-refractivity contribution in [1.29, 1.82) is 0 Å². The fraction of sp³-hybridized carbons (Fsp3) is 0.385. The molecule has 0 amide bonds. The van der Waals surface area contributed by atoms with Crippen molar-refractivity contribution in [3.05, 3.63) is 35.8 Å². The predicted octanol–water partition coefficient (Wildman–Crippen LogP) is 1.60. The second-order valence-electron chi connectivity index (χ2n) is 4.94. The van der Waals surface area contributed by atoms with Gasteiger partial charge in [-0.2, -0.15) is 0 Å². The Morgan fingerprint density at radius 2 is 2.28 bits per heavy atom. The molecule has 0 aliphatic heterocycles. The molecule has 0 aromatic carbocycles. The number of aliphatic carboxylic acids is 1. The third-order valence-corrected chi connectivity index (χ3v) is 2.97. The highest BCUT2D eigenvalue weighted by atomic mass is 16.4. The smallest absolute Gasteiger partial charge is 0.323 e. The summed E-state index contributed by atoms with van der Waals surface area (Å²) in [6.07, 6.45) is 3.84. The molecule has 0 fully saturated rings. The molecule has 0 saturated heterocycles. The molecule has 0 atom stereocenters. The van der Waals surface area contributed by atoms with Crippen molar-refractivity contribution < 1.29 is 9.90 Å². The van der Waals surface area contributed by atoms with Crippen LogP contribution in [0.2, 0.25) is 0 Å². The highest BCUT2D eigenvalue weighted by molar-refractivity contribution is 5.77. The third-order valence-electron chi connectivity index (χ3n) is 2.97. The van der Waals surface area contributed by atoms with Crippen LogP contribution in [-0.4, -0.2) is 26.0 Å². The molecule has 2 aromatic rings. The third kappa shape index (κ3) is 2.36. The van der Waals surface area contributed by atoms with Crippen LogP contribution in [0.15, 0.2) is 24.5 Å². The van der Waals surface area contributed by atoms with Crippen LogP contribution in [0.25, 0.3) is 5.65 Å². The van der Waals surface area contributed by atoms with E-state index in [0.717, 1.165) is 16.9 Å². The molecule has 0 bridgehead atoms. The number of aromatic nitrogens is 2. The van der Waals surface area contributed by atoms with Gasteiger partial charge in [0.1, 0.15) is 11.2 Å². The summed E-state index contributed by atoms with van der Waals surface area (Å²) in [7, 11) is 0. The molecule has 2 rings (SSSR count). The molecule has 0 saturated carbocycles. The number of hydrogen-bond donors (Lipinski definition) is 2. The van der Waals surface area contributed by atoms with E-state index in [1.54, 1.807) is 13.8 Å². The van der Waals surface area contributed by atoms with E-state index in [0.29, 0.717) is 6.54 Å². The summed E-state index contributed by atoms with van der Waals surface area (Å²) in [5.74, 6) is -0.873. The Kier molecular flexibility index (Phi) is 3.09. The lowest BCUT2D eigenvalue weighted by atomic mass is 10.1. The summed E-state index contributed by atoms with van der Waals surface area (Å²) in [6, 6.07) is 3.96. The largest absolute Gasteiger partial charge is 0.480 e. The van der Waals surface area contributed by atoms with E-state index in [-0.39, 0.29) is 0 Å². The van der Waals surface area contributed by atoms with Crippen LogP contribution in [0.4, 0.5) is 0 Å². The molecule has 96 valence electrons. The van der Waals surface area contributed by atoms with Crippen molar-refractivity contribution >= 4 is 11.6 Å². The van der Waals surface area contributed by atoms with Gasteiger partial charge in [0.25, 0.3) is 0 Å². The van der Waals surface area contributed by atoms with Gasteiger partial charge >= 0.3 is 5.97 Å². The van der Waals surface area contributed by atoms with E-state index < -0.39 is 11.5 Å². The molecule has 0 unspecified atom stereocenters. The molecule has 0 spiro atoms. The predicted molar refractivity (Wildman–Crippen MR) is 68.5 cm³/mol. The van der Waals surface area contributed by atoms with Gasteiger partial charge in [-0.3, -0.25) is 10.1 Å². The lowest BCUT2D eigenvalue weighted by Crippen LogP contribution is -2.46. The van der Waals surface area contributed by atoms with Crippen molar-refractivity contribution in [2.24, 2.45) is 0 Å². The monoisotopic (exact) mass is 247 g/mol. The molecule has 0 aliphatic rings. The molecule has 18 heavy (non-hydrogen) atoms.